The molecule has 0 fully saturated rings. The van der Waals surface area contributed by atoms with Gasteiger partial charge in [-0.25, -0.2) is 4.79 Å². The average molecular weight is 272 g/mol. The molecule has 0 aliphatic carbocycles. The molecule has 18 heavy (non-hydrogen) atoms. The number of benzene rings is 1. The molecule has 6 heteroatoms. The number of halogens is 1. The Kier molecular flexibility index (Phi) is 4.97. The molecule has 1 aromatic carbocycles. The summed E-state index contributed by atoms with van der Waals surface area (Å²) in [5.41, 5.74) is 0.945. The van der Waals surface area contributed by atoms with Gasteiger partial charge < -0.3 is 15.2 Å². The molecular weight excluding hydrogens is 258 g/mol. The Morgan fingerprint density at radius 1 is 1.50 bits per heavy atom. The first-order valence-electron chi connectivity index (χ1n) is 5.29. The summed E-state index contributed by atoms with van der Waals surface area (Å²) in [6.45, 7) is 2.93. The van der Waals surface area contributed by atoms with Crippen LogP contribution < -0.4 is 10.1 Å². The monoisotopic (exact) mass is 271 g/mol. The Hall–Kier alpha value is -1.75. The molecular formula is C12H14ClNO4. The lowest BCUT2D eigenvalue weighted by Crippen LogP contribution is -2.43. The van der Waals surface area contributed by atoms with Crippen molar-refractivity contribution in [3.8, 4) is 5.75 Å². The molecule has 1 unspecified atom stereocenters. The summed E-state index contributed by atoms with van der Waals surface area (Å²) in [6.07, 6.45) is 0. The zero-order valence-electron chi connectivity index (χ0n) is 10.1. The summed E-state index contributed by atoms with van der Waals surface area (Å²) in [5.74, 6) is -1.19. The highest BCUT2D eigenvalue weighted by molar-refractivity contribution is 6.32. The topological polar surface area (TPSA) is 75.6 Å². The van der Waals surface area contributed by atoms with Crippen LogP contribution >= 0.6 is 11.6 Å². The van der Waals surface area contributed by atoms with Gasteiger partial charge in [-0.05, 0) is 24.6 Å². The molecule has 1 atom stereocenters. The van der Waals surface area contributed by atoms with Crippen molar-refractivity contribution in [3.05, 3.63) is 28.8 Å². The zero-order valence-corrected chi connectivity index (χ0v) is 10.8. The number of aliphatic carboxylic acids is 1. The largest absolute Gasteiger partial charge is 0.489 e. The van der Waals surface area contributed by atoms with Crippen LogP contribution in [0.2, 0.25) is 5.02 Å². The minimum atomic E-state index is -1.16. The molecule has 2 N–H and O–H groups in total. The molecule has 0 bridgehead atoms. The van der Waals surface area contributed by atoms with Gasteiger partial charge in [-0.3, -0.25) is 4.79 Å². The SMILES string of the molecule is CC(=O)NC(COc1cc(C)ccc1Cl)C(=O)O. The van der Waals surface area contributed by atoms with Gasteiger partial charge in [-0.1, -0.05) is 17.7 Å². The van der Waals surface area contributed by atoms with Gasteiger partial charge in [0.25, 0.3) is 0 Å². The molecule has 98 valence electrons. The number of hydrogen-bond donors (Lipinski definition) is 2. The van der Waals surface area contributed by atoms with Crippen LogP contribution in [-0.4, -0.2) is 29.6 Å². The number of carboxylic acid groups (broad SMARTS) is 1. The lowest BCUT2D eigenvalue weighted by molar-refractivity contribution is -0.142. The molecule has 0 saturated heterocycles. The van der Waals surface area contributed by atoms with Crippen LogP contribution in [0.25, 0.3) is 0 Å². The molecule has 1 aromatic rings. The van der Waals surface area contributed by atoms with Gasteiger partial charge in [0.2, 0.25) is 5.91 Å². The van der Waals surface area contributed by atoms with Crippen molar-refractivity contribution in [1.29, 1.82) is 0 Å². The second-order valence-corrected chi connectivity index (χ2v) is 4.24. The Balaban J connectivity index is 2.69. The standard InChI is InChI=1S/C12H14ClNO4/c1-7-3-4-9(13)11(5-7)18-6-10(12(16)17)14-8(2)15/h3-5,10H,6H2,1-2H3,(H,14,15)(H,16,17). The molecule has 0 radical (unpaired) electrons. The fourth-order valence-electron chi connectivity index (χ4n) is 1.31. The van der Waals surface area contributed by atoms with E-state index in [0.717, 1.165) is 5.56 Å². The number of hydrogen-bond acceptors (Lipinski definition) is 3. The first-order valence-corrected chi connectivity index (χ1v) is 5.67. The summed E-state index contributed by atoms with van der Waals surface area (Å²) >= 11 is 5.91. The van der Waals surface area contributed by atoms with E-state index in [2.05, 4.69) is 5.32 Å². The second-order valence-electron chi connectivity index (χ2n) is 3.84. The van der Waals surface area contributed by atoms with Crippen molar-refractivity contribution in [2.45, 2.75) is 19.9 Å². The Morgan fingerprint density at radius 3 is 2.72 bits per heavy atom. The number of rotatable bonds is 5. The normalized spacial score (nSPS) is 11.7. The molecule has 1 amide bonds. The number of carbonyl (C=O) groups excluding carboxylic acids is 1. The third kappa shape index (κ3) is 4.25. The van der Waals surface area contributed by atoms with E-state index < -0.39 is 17.9 Å². The molecule has 0 heterocycles. The molecule has 1 rings (SSSR count). The highest BCUT2D eigenvalue weighted by Crippen LogP contribution is 2.25. The quantitative estimate of drug-likeness (QED) is 0.853. The fourth-order valence-corrected chi connectivity index (χ4v) is 1.49. The number of nitrogens with one attached hydrogen (secondary N) is 1. The molecule has 5 nitrogen and oxygen atoms in total. The minimum absolute atomic E-state index is 0.182. The Bertz CT molecular complexity index is 461. The predicted octanol–water partition coefficient (Wildman–Crippen LogP) is 1.62. The first kappa shape index (κ1) is 14.3. The molecule has 0 saturated carbocycles. The lowest BCUT2D eigenvalue weighted by Gasteiger charge is -2.15. The van der Waals surface area contributed by atoms with Gasteiger partial charge >= 0.3 is 5.97 Å². The highest BCUT2D eigenvalue weighted by Gasteiger charge is 2.19. The lowest BCUT2D eigenvalue weighted by atomic mass is 10.2. The van der Waals surface area contributed by atoms with Crippen molar-refractivity contribution in [1.82, 2.24) is 5.32 Å². The maximum Gasteiger partial charge on any atom is 0.329 e. The summed E-state index contributed by atoms with van der Waals surface area (Å²) in [5, 5.41) is 11.6. The van der Waals surface area contributed by atoms with Crippen molar-refractivity contribution in [2.75, 3.05) is 6.61 Å². The average Bonchev–Trinajstić information content (AvgIpc) is 2.27. The molecule has 0 aliphatic rings. The number of carbonyl (C=O) groups is 2. The van der Waals surface area contributed by atoms with Crippen LogP contribution in [0.15, 0.2) is 18.2 Å². The van der Waals surface area contributed by atoms with Gasteiger partial charge in [-0.15, -0.1) is 0 Å². The Morgan fingerprint density at radius 2 is 2.17 bits per heavy atom. The molecule has 0 aromatic heterocycles. The van der Waals surface area contributed by atoms with Gasteiger partial charge in [0.1, 0.15) is 12.4 Å². The predicted molar refractivity (Wildman–Crippen MR) is 66.9 cm³/mol. The summed E-state index contributed by atoms with van der Waals surface area (Å²) in [6, 6.07) is 4.09. The number of ether oxygens (including phenoxy) is 1. The van der Waals surface area contributed by atoms with Gasteiger partial charge in [0.15, 0.2) is 6.04 Å². The first-order chi connectivity index (χ1) is 8.40. The van der Waals surface area contributed by atoms with Crippen LogP contribution in [0.4, 0.5) is 0 Å². The van der Waals surface area contributed by atoms with Crippen LogP contribution in [0, 0.1) is 6.92 Å². The molecule has 0 aliphatic heterocycles. The van der Waals surface area contributed by atoms with Gasteiger partial charge in [0.05, 0.1) is 5.02 Å². The van der Waals surface area contributed by atoms with Crippen molar-refractivity contribution in [3.63, 3.8) is 0 Å². The van der Waals surface area contributed by atoms with Crippen LogP contribution in [0.1, 0.15) is 12.5 Å². The smallest absolute Gasteiger partial charge is 0.329 e. The van der Waals surface area contributed by atoms with E-state index in [1.807, 2.05) is 13.0 Å². The van der Waals surface area contributed by atoms with E-state index in [1.165, 1.54) is 6.92 Å². The number of amides is 1. The van der Waals surface area contributed by atoms with Gasteiger partial charge in [-0.2, -0.15) is 0 Å². The number of carboxylic acids is 1. The van der Waals surface area contributed by atoms with Crippen LogP contribution in [-0.2, 0) is 9.59 Å². The third-order valence-corrected chi connectivity index (χ3v) is 2.48. The molecule has 0 spiro atoms. The van der Waals surface area contributed by atoms with E-state index in [-0.39, 0.29) is 6.61 Å². The zero-order chi connectivity index (χ0) is 13.7. The summed E-state index contributed by atoms with van der Waals surface area (Å²) < 4.78 is 5.31. The van der Waals surface area contributed by atoms with E-state index >= 15 is 0 Å². The van der Waals surface area contributed by atoms with Crippen LogP contribution in [0.3, 0.4) is 0 Å². The fraction of sp³-hybridized carbons (Fsp3) is 0.333. The Labute approximate surface area is 110 Å². The number of aryl methyl sites for hydroxylation is 1. The second kappa shape index (κ2) is 6.26. The van der Waals surface area contributed by atoms with E-state index in [0.29, 0.717) is 10.8 Å². The van der Waals surface area contributed by atoms with Gasteiger partial charge in [0, 0.05) is 6.92 Å². The van der Waals surface area contributed by atoms with Crippen molar-refractivity contribution in [2.24, 2.45) is 0 Å². The maximum atomic E-state index is 10.9. The van der Waals surface area contributed by atoms with E-state index in [4.69, 9.17) is 21.4 Å². The van der Waals surface area contributed by atoms with Crippen molar-refractivity contribution >= 4 is 23.5 Å². The maximum absolute atomic E-state index is 10.9. The van der Waals surface area contributed by atoms with E-state index in [9.17, 15) is 9.59 Å². The summed E-state index contributed by atoms with van der Waals surface area (Å²) in [7, 11) is 0. The van der Waals surface area contributed by atoms with E-state index in [1.54, 1.807) is 12.1 Å². The third-order valence-electron chi connectivity index (χ3n) is 2.17. The minimum Gasteiger partial charge on any atom is -0.489 e. The highest BCUT2D eigenvalue weighted by atomic mass is 35.5. The van der Waals surface area contributed by atoms with Crippen LogP contribution in [0.5, 0.6) is 5.75 Å². The summed E-state index contributed by atoms with van der Waals surface area (Å²) in [4.78, 5) is 21.7. The van der Waals surface area contributed by atoms with Crippen molar-refractivity contribution < 1.29 is 19.4 Å².